The highest BCUT2D eigenvalue weighted by atomic mass is 35.5. The zero-order valence-corrected chi connectivity index (χ0v) is 16.0. The molecule has 1 amide bonds. The second kappa shape index (κ2) is 7.18. The number of aromatic nitrogens is 1. The summed E-state index contributed by atoms with van der Waals surface area (Å²) in [5, 5.41) is 2.87. The Morgan fingerprint density at radius 1 is 1.15 bits per heavy atom. The van der Waals surface area contributed by atoms with Crippen LogP contribution in [0.2, 0.25) is 0 Å². The molecule has 3 saturated heterocycles. The average molecular weight is 392 g/mol. The fourth-order valence-electron chi connectivity index (χ4n) is 4.94. The van der Waals surface area contributed by atoms with E-state index in [9.17, 15) is 4.79 Å². The lowest BCUT2D eigenvalue weighted by Crippen LogP contribution is -2.61. The lowest BCUT2D eigenvalue weighted by Gasteiger charge is -2.54. The molecule has 1 N–H and O–H groups in total. The molecule has 7 heteroatoms. The highest BCUT2D eigenvalue weighted by molar-refractivity contribution is 7.13. The Bertz CT molecular complexity index is 754. The van der Waals surface area contributed by atoms with Crippen molar-refractivity contribution in [1.29, 1.82) is 0 Å². The van der Waals surface area contributed by atoms with Gasteiger partial charge in [-0.1, -0.05) is 30.3 Å². The predicted molar refractivity (Wildman–Crippen MR) is 105 cm³/mol. The average Bonchev–Trinajstić information content (AvgIpc) is 3.06. The van der Waals surface area contributed by atoms with Crippen LogP contribution in [0.5, 0.6) is 0 Å². The van der Waals surface area contributed by atoms with Crippen LogP contribution in [0, 0.1) is 17.8 Å². The van der Waals surface area contributed by atoms with Gasteiger partial charge in [-0.3, -0.25) is 5.32 Å². The van der Waals surface area contributed by atoms with Gasteiger partial charge in [0.05, 0.1) is 10.4 Å². The van der Waals surface area contributed by atoms with E-state index in [1.165, 1.54) is 30.7 Å². The molecular weight excluding hydrogens is 370 g/mol. The minimum atomic E-state index is -0.365. The van der Waals surface area contributed by atoms with Gasteiger partial charge >= 0.3 is 6.09 Å². The van der Waals surface area contributed by atoms with Gasteiger partial charge in [-0.25, -0.2) is 9.78 Å². The summed E-state index contributed by atoms with van der Waals surface area (Å²) < 4.78 is 5.88. The number of ether oxygens (including phenoxy) is 1. The number of carbonyl (C=O) groups excluding carboxylic acids is 1. The van der Waals surface area contributed by atoms with Gasteiger partial charge in [0, 0.05) is 31.5 Å². The van der Waals surface area contributed by atoms with Crippen LogP contribution in [0.1, 0.15) is 12.8 Å². The summed E-state index contributed by atoms with van der Waals surface area (Å²) in [7, 11) is 0. The van der Waals surface area contributed by atoms with Gasteiger partial charge < -0.3 is 9.64 Å². The monoisotopic (exact) mass is 391 g/mol. The zero-order valence-electron chi connectivity index (χ0n) is 14.3. The maximum absolute atomic E-state index is 12.5. The first kappa shape index (κ1) is 17.8. The minimum absolute atomic E-state index is 0. The van der Waals surface area contributed by atoms with Gasteiger partial charge in [-0.15, -0.1) is 23.7 Å². The van der Waals surface area contributed by atoms with E-state index in [0.29, 0.717) is 17.7 Å². The SMILES string of the molecule is Cl.O=C(Nc1ncsc1-c1ccccc1)OC1C2CC3CC1CN(C3)C2. The van der Waals surface area contributed by atoms with Crippen molar-refractivity contribution in [3.8, 4) is 10.4 Å². The third-order valence-electron chi connectivity index (χ3n) is 5.77. The molecule has 4 bridgehead atoms. The molecule has 1 aromatic carbocycles. The Labute approximate surface area is 163 Å². The molecule has 0 spiro atoms. The summed E-state index contributed by atoms with van der Waals surface area (Å²) in [6, 6.07) is 10.0. The van der Waals surface area contributed by atoms with Crippen molar-refractivity contribution in [2.24, 2.45) is 17.8 Å². The molecule has 4 heterocycles. The third-order valence-corrected chi connectivity index (χ3v) is 6.65. The van der Waals surface area contributed by atoms with Crippen LogP contribution in [0.15, 0.2) is 35.8 Å². The van der Waals surface area contributed by atoms with Crippen molar-refractivity contribution in [1.82, 2.24) is 9.88 Å². The number of piperidine rings is 3. The second-order valence-electron chi connectivity index (χ2n) is 7.47. The van der Waals surface area contributed by atoms with Crippen LogP contribution < -0.4 is 5.32 Å². The first-order valence-electron chi connectivity index (χ1n) is 8.95. The number of carbonyl (C=O) groups is 1. The summed E-state index contributed by atoms with van der Waals surface area (Å²) in [5.74, 6) is 2.40. The van der Waals surface area contributed by atoms with Gasteiger partial charge in [0.25, 0.3) is 0 Å². The maximum Gasteiger partial charge on any atom is 0.413 e. The number of hydrogen-bond acceptors (Lipinski definition) is 5. The fourth-order valence-corrected chi connectivity index (χ4v) is 5.69. The van der Waals surface area contributed by atoms with Crippen molar-refractivity contribution in [3.05, 3.63) is 35.8 Å². The van der Waals surface area contributed by atoms with Crippen molar-refractivity contribution >= 4 is 35.7 Å². The summed E-state index contributed by atoms with van der Waals surface area (Å²) in [5.41, 5.74) is 2.82. The third kappa shape index (κ3) is 3.21. The van der Waals surface area contributed by atoms with Crippen molar-refractivity contribution in [2.45, 2.75) is 18.9 Å². The number of thiazole rings is 1. The van der Waals surface area contributed by atoms with E-state index in [0.717, 1.165) is 29.4 Å². The fraction of sp³-hybridized carbons (Fsp3) is 0.474. The predicted octanol–water partition coefficient (Wildman–Crippen LogP) is 4.12. The molecule has 5 nitrogen and oxygen atoms in total. The van der Waals surface area contributed by atoms with E-state index in [-0.39, 0.29) is 24.6 Å². The van der Waals surface area contributed by atoms with E-state index in [1.807, 2.05) is 30.3 Å². The largest absolute Gasteiger partial charge is 0.445 e. The molecule has 26 heavy (non-hydrogen) atoms. The van der Waals surface area contributed by atoms with Crippen molar-refractivity contribution < 1.29 is 9.53 Å². The van der Waals surface area contributed by atoms with E-state index in [2.05, 4.69) is 15.2 Å². The zero-order chi connectivity index (χ0) is 16.8. The van der Waals surface area contributed by atoms with Crippen molar-refractivity contribution in [2.75, 3.05) is 25.0 Å². The molecule has 1 saturated carbocycles. The number of anilines is 1. The molecule has 4 fully saturated rings. The lowest BCUT2D eigenvalue weighted by atomic mass is 9.66. The van der Waals surface area contributed by atoms with Crippen LogP contribution in [0.25, 0.3) is 10.4 Å². The number of nitrogens with one attached hydrogen (secondary N) is 1. The van der Waals surface area contributed by atoms with Crippen molar-refractivity contribution in [3.63, 3.8) is 0 Å². The molecule has 2 atom stereocenters. The quantitative estimate of drug-likeness (QED) is 0.855. The normalized spacial score (nSPS) is 31.3. The van der Waals surface area contributed by atoms with Gasteiger partial charge in [0.15, 0.2) is 5.82 Å². The highest BCUT2D eigenvalue weighted by Gasteiger charge is 2.49. The van der Waals surface area contributed by atoms with Crippen LogP contribution in [-0.4, -0.2) is 41.7 Å². The molecule has 4 aliphatic rings. The van der Waals surface area contributed by atoms with Gasteiger partial charge in [0.1, 0.15) is 6.10 Å². The van der Waals surface area contributed by atoms with Gasteiger partial charge in [0.2, 0.25) is 0 Å². The van der Waals surface area contributed by atoms with E-state index < -0.39 is 0 Å². The Morgan fingerprint density at radius 3 is 2.58 bits per heavy atom. The molecule has 3 aliphatic heterocycles. The summed E-state index contributed by atoms with van der Waals surface area (Å²) in [6.45, 7) is 3.40. The van der Waals surface area contributed by atoms with Gasteiger partial charge in [-0.2, -0.15) is 0 Å². The van der Waals surface area contributed by atoms with Crippen LogP contribution >= 0.6 is 23.7 Å². The molecule has 1 aromatic heterocycles. The molecule has 0 radical (unpaired) electrons. The Hall–Kier alpha value is -1.63. The maximum atomic E-state index is 12.5. The molecule has 2 unspecified atom stereocenters. The number of amides is 1. The molecule has 2 aromatic rings. The van der Waals surface area contributed by atoms with Crippen LogP contribution in [0.4, 0.5) is 10.6 Å². The first-order chi connectivity index (χ1) is 12.3. The van der Waals surface area contributed by atoms with Crippen LogP contribution in [0.3, 0.4) is 0 Å². The highest BCUT2D eigenvalue weighted by Crippen LogP contribution is 2.44. The first-order valence-corrected chi connectivity index (χ1v) is 9.83. The second-order valence-corrected chi connectivity index (χ2v) is 8.32. The number of rotatable bonds is 3. The lowest BCUT2D eigenvalue weighted by molar-refractivity contribution is -0.110. The number of benzene rings is 1. The van der Waals surface area contributed by atoms with E-state index in [4.69, 9.17) is 4.74 Å². The summed E-state index contributed by atoms with van der Waals surface area (Å²) in [6.07, 6.45) is 2.11. The molecular formula is C19H22ClN3O2S. The number of halogens is 1. The van der Waals surface area contributed by atoms with E-state index in [1.54, 1.807) is 5.51 Å². The Morgan fingerprint density at radius 2 is 1.88 bits per heavy atom. The van der Waals surface area contributed by atoms with E-state index >= 15 is 0 Å². The summed E-state index contributed by atoms with van der Waals surface area (Å²) >= 11 is 1.53. The molecule has 1 aliphatic carbocycles. The minimum Gasteiger partial charge on any atom is -0.445 e. The molecule has 138 valence electrons. The number of hydrogen-bond donors (Lipinski definition) is 1. The van der Waals surface area contributed by atoms with Gasteiger partial charge in [-0.05, 0) is 24.3 Å². The Balaban J connectivity index is 0.00000168. The Kier molecular flexibility index (Phi) is 4.90. The number of nitrogens with zero attached hydrogens (tertiary/aromatic N) is 2. The topological polar surface area (TPSA) is 54.5 Å². The molecule has 6 rings (SSSR count). The van der Waals surface area contributed by atoms with Crippen LogP contribution in [-0.2, 0) is 4.74 Å². The summed E-state index contributed by atoms with van der Waals surface area (Å²) in [4.78, 5) is 20.3. The smallest absolute Gasteiger partial charge is 0.413 e. The standard InChI is InChI=1S/C19H21N3O2S.ClH/c23-19(21-18-17(25-11-20-18)13-4-2-1-3-5-13)24-16-14-6-12-7-15(16)10-22(8-12)9-14;/h1-5,11-12,14-16H,6-10H2,(H,21,23);1H.